The first kappa shape index (κ1) is 26.1. The van der Waals surface area contributed by atoms with Crippen LogP contribution < -0.4 is 5.32 Å². The summed E-state index contributed by atoms with van der Waals surface area (Å²) in [5, 5.41) is 2.80. The van der Waals surface area contributed by atoms with Crippen molar-refractivity contribution >= 4 is 39.2 Å². The molecule has 0 heterocycles. The first-order valence-electron chi connectivity index (χ1n) is 9.48. The summed E-state index contributed by atoms with van der Waals surface area (Å²) < 4.78 is 5.12. The number of allylic oxidation sites excluding steroid dienone is 2. The lowest BCUT2D eigenvalue weighted by molar-refractivity contribution is -0.147. The van der Waals surface area contributed by atoms with Gasteiger partial charge in [-0.2, -0.15) is 0 Å². The van der Waals surface area contributed by atoms with Crippen molar-refractivity contribution in [1.29, 1.82) is 0 Å². The molecular formula is C20H35NO4S2. The zero-order chi connectivity index (χ0) is 20.9. The SMILES string of the molecule is CC=CC(C)C(=O)CCNC(=O)CCCSSC(C)(C)COC(=O)C(C)C. The number of Topliss-reactive ketones (excluding diaryl/α,β-unsaturated/α-hetero) is 1. The van der Waals surface area contributed by atoms with Crippen molar-refractivity contribution in [3.63, 3.8) is 0 Å². The molecule has 0 bridgehead atoms. The number of amides is 1. The second-order valence-corrected chi connectivity index (χ2v) is 10.5. The smallest absolute Gasteiger partial charge is 0.308 e. The fourth-order valence-corrected chi connectivity index (χ4v) is 4.44. The fraction of sp³-hybridized carbons (Fsp3) is 0.750. The van der Waals surface area contributed by atoms with E-state index in [-0.39, 0.29) is 34.2 Å². The van der Waals surface area contributed by atoms with E-state index in [1.165, 1.54) is 0 Å². The number of carbonyl (C=O) groups is 3. The van der Waals surface area contributed by atoms with Crippen LogP contribution in [0.3, 0.4) is 0 Å². The van der Waals surface area contributed by atoms with Crippen molar-refractivity contribution in [2.45, 2.75) is 65.6 Å². The van der Waals surface area contributed by atoms with Crippen molar-refractivity contribution in [2.24, 2.45) is 11.8 Å². The molecular weight excluding hydrogens is 382 g/mol. The largest absolute Gasteiger partial charge is 0.464 e. The number of hydrogen-bond acceptors (Lipinski definition) is 6. The molecule has 1 N–H and O–H groups in total. The lowest BCUT2D eigenvalue weighted by atomic mass is 10.0. The highest BCUT2D eigenvalue weighted by Crippen LogP contribution is 2.36. The lowest BCUT2D eigenvalue weighted by Gasteiger charge is -2.23. The van der Waals surface area contributed by atoms with Gasteiger partial charge >= 0.3 is 5.97 Å². The normalized spacial score (nSPS) is 13.0. The Morgan fingerprint density at radius 3 is 2.41 bits per heavy atom. The van der Waals surface area contributed by atoms with E-state index in [2.05, 4.69) is 5.32 Å². The second-order valence-electron chi connectivity index (χ2n) is 7.41. The van der Waals surface area contributed by atoms with Crippen molar-refractivity contribution in [2.75, 3.05) is 18.9 Å². The van der Waals surface area contributed by atoms with Crippen molar-refractivity contribution in [3.05, 3.63) is 12.2 Å². The molecule has 0 spiro atoms. The van der Waals surface area contributed by atoms with E-state index in [1.54, 1.807) is 21.6 Å². The van der Waals surface area contributed by atoms with Gasteiger partial charge in [-0.15, -0.1) is 0 Å². The number of rotatable bonds is 14. The van der Waals surface area contributed by atoms with E-state index in [9.17, 15) is 14.4 Å². The Morgan fingerprint density at radius 2 is 1.81 bits per heavy atom. The van der Waals surface area contributed by atoms with Gasteiger partial charge in [-0.25, -0.2) is 0 Å². The van der Waals surface area contributed by atoms with Crippen LogP contribution in [0.1, 0.15) is 60.8 Å². The van der Waals surface area contributed by atoms with Gasteiger partial charge in [0.15, 0.2) is 0 Å². The maximum absolute atomic E-state index is 11.8. The summed E-state index contributed by atoms with van der Waals surface area (Å²) in [6.07, 6.45) is 5.32. The summed E-state index contributed by atoms with van der Waals surface area (Å²) in [7, 11) is 3.35. The standard InChI is InChI=1S/C20H35NO4S2/c1-7-9-16(4)17(22)11-12-21-18(23)10-8-13-26-27-20(5,6)14-25-19(24)15(2)3/h7,9,15-16H,8,10-14H2,1-6H3,(H,21,23). The molecule has 0 aromatic carbocycles. The third-order valence-electron chi connectivity index (χ3n) is 3.63. The van der Waals surface area contributed by atoms with E-state index in [0.29, 0.717) is 26.0 Å². The minimum Gasteiger partial charge on any atom is -0.464 e. The second kappa shape index (κ2) is 14.1. The molecule has 0 saturated carbocycles. The zero-order valence-electron chi connectivity index (χ0n) is 17.5. The number of ketones is 1. The van der Waals surface area contributed by atoms with Gasteiger partial charge in [0.2, 0.25) is 5.91 Å². The number of carbonyl (C=O) groups excluding carboxylic acids is 3. The quantitative estimate of drug-likeness (QED) is 0.195. The topological polar surface area (TPSA) is 72.5 Å². The van der Waals surface area contributed by atoms with Crippen molar-refractivity contribution < 1.29 is 19.1 Å². The van der Waals surface area contributed by atoms with Gasteiger partial charge < -0.3 is 10.1 Å². The molecule has 0 radical (unpaired) electrons. The first-order chi connectivity index (χ1) is 12.6. The Balaban J connectivity index is 3.81. The monoisotopic (exact) mass is 417 g/mol. The molecule has 7 heteroatoms. The van der Waals surface area contributed by atoms with Crippen LogP contribution in [0.25, 0.3) is 0 Å². The lowest BCUT2D eigenvalue weighted by Crippen LogP contribution is -2.27. The van der Waals surface area contributed by atoms with E-state index in [0.717, 1.165) is 12.2 Å². The third kappa shape index (κ3) is 13.8. The predicted octanol–water partition coefficient (Wildman–Crippen LogP) is 4.41. The summed E-state index contributed by atoms with van der Waals surface area (Å²) in [5.41, 5.74) is 0. The van der Waals surface area contributed by atoms with Gasteiger partial charge in [0.05, 0.1) is 10.7 Å². The maximum Gasteiger partial charge on any atom is 0.308 e. The summed E-state index contributed by atoms with van der Waals surface area (Å²) >= 11 is 0. The maximum atomic E-state index is 11.8. The molecule has 1 atom stereocenters. The summed E-state index contributed by atoms with van der Waals surface area (Å²) in [5.74, 6) is 0.584. The average molecular weight is 418 g/mol. The Morgan fingerprint density at radius 1 is 1.15 bits per heavy atom. The molecule has 0 aliphatic heterocycles. The Hall–Kier alpha value is -0.950. The van der Waals surface area contributed by atoms with Crippen LogP contribution in [-0.2, 0) is 19.1 Å². The molecule has 0 aromatic heterocycles. The molecule has 0 fully saturated rings. The first-order valence-corrected chi connectivity index (χ1v) is 11.8. The molecule has 0 aliphatic carbocycles. The highest BCUT2D eigenvalue weighted by atomic mass is 33.1. The van der Waals surface area contributed by atoms with Crippen LogP contribution in [0.4, 0.5) is 0 Å². The Bertz CT molecular complexity index is 504. The van der Waals surface area contributed by atoms with E-state index < -0.39 is 0 Å². The van der Waals surface area contributed by atoms with Gasteiger partial charge in [0.1, 0.15) is 12.4 Å². The Kier molecular flexibility index (Phi) is 13.6. The molecule has 1 unspecified atom stereocenters. The molecule has 0 saturated heterocycles. The minimum absolute atomic E-state index is 0.0165. The van der Waals surface area contributed by atoms with Crippen molar-refractivity contribution in [3.8, 4) is 0 Å². The molecule has 1 amide bonds. The zero-order valence-corrected chi connectivity index (χ0v) is 19.1. The predicted molar refractivity (Wildman–Crippen MR) is 116 cm³/mol. The summed E-state index contributed by atoms with van der Waals surface area (Å²) in [4.78, 5) is 35.1. The van der Waals surface area contributed by atoms with Crippen LogP contribution >= 0.6 is 21.6 Å². The number of esters is 1. The molecule has 5 nitrogen and oxygen atoms in total. The number of nitrogens with one attached hydrogen (secondary N) is 1. The summed E-state index contributed by atoms with van der Waals surface area (Å²) in [6, 6.07) is 0. The van der Waals surface area contributed by atoms with Crippen LogP contribution in [0.2, 0.25) is 0 Å². The molecule has 156 valence electrons. The molecule has 0 aromatic rings. The third-order valence-corrected chi connectivity index (χ3v) is 6.98. The van der Waals surface area contributed by atoms with Gasteiger partial charge in [-0.1, -0.05) is 54.5 Å². The van der Waals surface area contributed by atoms with Gasteiger partial charge in [-0.3, -0.25) is 14.4 Å². The highest BCUT2D eigenvalue weighted by molar-refractivity contribution is 8.77. The van der Waals surface area contributed by atoms with Crippen LogP contribution in [-0.4, -0.2) is 41.3 Å². The fourth-order valence-electron chi connectivity index (χ4n) is 1.97. The van der Waals surface area contributed by atoms with Gasteiger partial charge in [0.25, 0.3) is 0 Å². The summed E-state index contributed by atoms with van der Waals surface area (Å²) in [6.45, 7) is 12.2. The highest BCUT2D eigenvalue weighted by Gasteiger charge is 2.22. The molecule has 0 aliphatic rings. The van der Waals surface area contributed by atoms with Gasteiger partial charge in [-0.05, 0) is 27.2 Å². The molecule has 0 rings (SSSR count). The number of hydrogen-bond donors (Lipinski definition) is 1. The Labute approximate surface area is 172 Å². The number of ether oxygens (including phenoxy) is 1. The van der Waals surface area contributed by atoms with Crippen molar-refractivity contribution in [1.82, 2.24) is 5.32 Å². The van der Waals surface area contributed by atoms with Gasteiger partial charge in [0, 0.05) is 31.1 Å². The molecule has 27 heavy (non-hydrogen) atoms. The van der Waals surface area contributed by atoms with E-state index >= 15 is 0 Å². The van der Waals surface area contributed by atoms with E-state index in [4.69, 9.17) is 4.74 Å². The minimum atomic E-state index is -0.177. The van der Waals surface area contributed by atoms with E-state index in [1.807, 2.05) is 53.7 Å². The average Bonchev–Trinajstić information content (AvgIpc) is 2.59. The van der Waals surface area contributed by atoms with Crippen LogP contribution in [0.5, 0.6) is 0 Å². The van der Waals surface area contributed by atoms with Crippen LogP contribution in [0.15, 0.2) is 12.2 Å². The van der Waals surface area contributed by atoms with Crippen LogP contribution in [0, 0.1) is 11.8 Å².